The Bertz CT molecular complexity index is 1300. The van der Waals surface area contributed by atoms with Gasteiger partial charge in [0.05, 0.1) is 42.6 Å². The van der Waals surface area contributed by atoms with Gasteiger partial charge in [-0.1, -0.05) is 72.8 Å². The molecular weight excluding hydrogens is 517 g/mol. The first kappa shape index (κ1) is 26.7. The molecule has 0 saturated carbocycles. The number of aliphatic hydroxyl groups is 1. The van der Waals surface area contributed by atoms with E-state index >= 15 is 0 Å². The van der Waals surface area contributed by atoms with Gasteiger partial charge in [0.2, 0.25) is 0 Å². The van der Waals surface area contributed by atoms with Crippen LogP contribution < -0.4 is 0 Å². The number of amides is 2. The van der Waals surface area contributed by atoms with E-state index in [1.807, 2.05) is 60.7 Å². The number of aliphatic hydroxyl groups excluding tert-OH is 1. The summed E-state index contributed by atoms with van der Waals surface area (Å²) in [6.07, 6.45) is -5.35. The lowest BCUT2D eigenvalue weighted by atomic mass is 9.87. The first-order valence-electron chi connectivity index (χ1n) is 13.4. The van der Waals surface area contributed by atoms with Crippen molar-refractivity contribution in [3.8, 4) is 0 Å². The lowest BCUT2D eigenvalue weighted by Crippen LogP contribution is -2.68. The number of carbonyl (C=O) groups is 2. The Hall–Kier alpha value is -3.47. The molecule has 2 amide bonds. The van der Waals surface area contributed by atoms with Gasteiger partial charge in [0.25, 0.3) is 11.8 Å². The summed E-state index contributed by atoms with van der Waals surface area (Å²) in [4.78, 5) is 28.5. The summed E-state index contributed by atoms with van der Waals surface area (Å²) in [5.41, 5.74) is 2.24. The fourth-order valence-electron chi connectivity index (χ4n) is 5.73. The van der Waals surface area contributed by atoms with E-state index in [-0.39, 0.29) is 30.8 Å². The van der Waals surface area contributed by atoms with Crippen LogP contribution in [-0.2, 0) is 25.6 Å². The topological polar surface area (TPSA) is 94.5 Å². The van der Waals surface area contributed by atoms with Crippen molar-refractivity contribution in [2.45, 2.75) is 55.9 Å². The Morgan fingerprint density at radius 1 is 0.900 bits per heavy atom. The lowest BCUT2D eigenvalue weighted by Gasteiger charge is -2.51. The van der Waals surface area contributed by atoms with Gasteiger partial charge < -0.3 is 24.1 Å². The second-order valence-electron chi connectivity index (χ2n) is 10.2. The zero-order chi connectivity index (χ0) is 27.6. The molecule has 6 rings (SSSR count). The number of ether oxygens (including phenoxy) is 4. The van der Waals surface area contributed by atoms with Gasteiger partial charge in [0.1, 0.15) is 25.0 Å². The Labute approximate surface area is 231 Å². The molecule has 3 aromatic carbocycles. The maximum Gasteiger partial charge on any atom is 0.261 e. The summed E-state index contributed by atoms with van der Waals surface area (Å²) in [5, 5.41) is 10.3. The highest BCUT2D eigenvalue weighted by Gasteiger charge is 2.56. The molecule has 0 bridgehead atoms. The predicted octanol–water partition coefficient (Wildman–Crippen LogP) is 3.84. The number of hydrogen-bond donors (Lipinski definition) is 1. The van der Waals surface area contributed by atoms with Crippen LogP contribution in [0.25, 0.3) is 0 Å². The highest BCUT2D eigenvalue weighted by molar-refractivity contribution is 6.21. The van der Waals surface area contributed by atoms with Crippen molar-refractivity contribution < 1.29 is 38.0 Å². The van der Waals surface area contributed by atoms with Crippen LogP contribution in [0.5, 0.6) is 0 Å². The van der Waals surface area contributed by atoms with E-state index in [2.05, 4.69) is 0 Å². The van der Waals surface area contributed by atoms with Crippen LogP contribution in [0, 0.1) is 0 Å². The zero-order valence-electron chi connectivity index (χ0n) is 21.7. The van der Waals surface area contributed by atoms with E-state index in [1.54, 1.807) is 24.3 Å². The molecule has 9 heteroatoms. The average molecular weight is 548 g/mol. The SMILES string of the molecule is O=C1c2ccccc2C(=O)N1[C@@H]1[C@@H](OCc2ccccc2)[C@@H]2O[C@H](c3ccccc3)OC[C@H]2O[C@H]1CC(O)CF. The molecule has 8 nitrogen and oxygen atoms in total. The molecule has 0 radical (unpaired) electrons. The molecule has 3 heterocycles. The number of carbonyl (C=O) groups excluding carboxylic acids is 2. The van der Waals surface area contributed by atoms with Crippen molar-refractivity contribution in [3.05, 3.63) is 107 Å². The first-order chi connectivity index (χ1) is 19.5. The molecule has 0 aromatic heterocycles. The van der Waals surface area contributed by atoms with E-state index in [9.17, 15) is 19.1 Å². The van der Waals surface area contributed by atoms with Gasteiger partial charge in [0, 0.05) is 12.0 Å². The van der Waals surface area contributed by atoms with E-state index in [0.717, 1.165) is 16.0 Å². The molecule has 40 heavy (non-hydrogen) atoms. The molecule has 1 N–H and O–H groups in total. The van der Waals surface area contributed by atoms with Crippen LogP contribution >= 0.6 is 0 Å². The van der Waals surface area contributed by atoms with E-state index < -0.39 is 61.3 Å². The largest absolute Gasteiger partial charge is 0.390 e. The molecule has 3 aromatic rings. The molecule has 1 unspecified atom stereocenters. The summed E-state index contributed by atoms with van der Waals surface area (Å²) in [6.45, 7) is -0.680. The Balaban J connectivity index is 1.39. The standard InChI is InChI=1S/C31H30FNO7/c32-16-21(34)15-24-26(33-29(35)22-13-7-8-14-23(22)30(33)36)28(37-17-19-9-3-1-4-10-19)27-25(39-24)18-38-31(40-27)20-11-5-2-6-12-20/h1-14,21,24-28,31,34H,15-18H2/t21?,24-,25+,26-,27+,28+,31+/m0/s1. The average Bonchev–Trinajstić information content (AvgIpc) is 3.25. The molecule has 3 aliphatic heterocycles. The highest BCUT2D eigenvalue weighted by atomic mass is 19.1. The van der Waals surface area contributed by atoms with Crippen molar-refractivity contribution in [1.82, 2.24) is 4.90 Å². The minimum Gasteiger partial charge on any atom is -0.390 e. The van der Waals surface area contributed by atoms with Gasteiger partial charge in [-0.3, -0.25) is 14.5 Å². The molecule has 2 saturated heterocycles. The number of nitrogens with zero attached hydrogens (tertiary/aromatic N) is 1. The minimum absolute atomic E-state index is 0.145. The smallest absolute Gasteiger partial charge is 0.261 e. The van der Waals surface area contributed by atoms with Crippen molar-refractivity contribution in [1.29, 1.82) is 0 Å². The van der Waals surface area contributed by atoms with Crippen LogP contribution in [0.1, 0.15) is 44.6 Å². The monoisotopic (exact) mass is 547 g/mol. The Morgan fingerprint density at radius 2 is 1.52 bits per heavy atom. The number of rotatable bonds is 8. The van der Waals surface area contributed by atoms with Gasteiger partial charge in [-0.15, -0.1) is 0 Å². The first-order valence-corrected chi connectivity index (χ1v) is 13.4. The quantitative estimate of drug-likeness (QED) is 0.429. The third-order valence-electron chi connectivity index (χ3n) is 7.61. The molecule has 7 atom stereocenters. The Kier molecular flexibility index (Phi) is 7.73. The predicted molar refractivity (Wildman–Crippen MR) is 141 cm³/mol. The van der Waals surface area contributed by atoms with Gasteiger partial charge >= 0.3 is 0 Å². The minimum atomic E-state index is -1.35. The second-order valence-corrected chi connectivity index (χ2v) is 10.2. The fourth-order valence-corrected chi connectivity index (χ4v) is 5.73. The number of fused-ring (bicyclic) bond motifs is 2. The van der Waals surface area contributed by atoms with Crippen molar-refractivity contribution >= 4 is 11.8 Å². The number of benzene rings is 3. The van der Waals surface area contributed by atoms with Crippen LogP contribution in [0.4, 0.5) is 4.39 Å². The number of halogens is 1. The molecule has 0 spiro atoms. The van der Waals surface area contributed by atoms with Crippen molar-refractivity contribution in [2.24, 2.45) is 0 Å². The number of hydrogen-bond acceptors (Lipinski definition) is 7. The third-order valence-corrected chi connectivity index (χ3v) is 7.61. The van der Waals surface area contributed by atoms with Gasteiger partial charge in [-0.2, -0.15) is 0 Å². The summed E-state index contributed by atoms with van der Waals surface area (Å²) in [5.74, 6) is -0.986. The lowest BCUT2D eigenvalue weighted by molar-refractivity contribution is -0.326. The van der Waals surface area contributed by atoms with Gasteiger partial charge in [0.15, 0.2) is 6.29 Å². The van der Waals surface area contributed by atoms with Crippen molar-refractivity contribution in [3.63, 3.8) is 0 Å². The number of alkyl halides is 1. The second kappa shape index (κ2) is 11.6. The summed E-state index contributed by atoms with van der Waals surface area (Å²) >= 11 is 0. The maximum atomic E-state index is 13.7. The van der Waals surface area contributed by atoms with E-state index in [0.29, 0.717) is 0 Å². The maximum absolute atomic E-state index is 13.7. The van der Waals surface area contributed by atoms with E-state index in [4.69, 9.17) is 18.9 Å². The fraction of sp³-hybridized carbons (Fsp3) is 0.355. The molecule has 3 aliphatic rings. The summed E-state index contributed by atoms with van der Waals surface area (Å²) < 4.78 is 38.8. The zero-order valence-corrected chi connectivity index (χ0v) is 21.7. The Morgan fingerprint density at radius 3 is 2.17 bits per heavy atom. The normalized spacial score (nSPS) is 28.7. The van der Waals surface area contributed by atoms with Crippen LogP contribution in [-0.4, -0.2) is 71.7 Å². The van der Waals surface area contributed by atoms with Crippen LogP contribution in [0.3, 0.4) is 0 Å². The summed E-state index contributed by atoms with van der Waals surface area (Å²) in [7, 11) is 0. The van der Waals surface area contributed by atoms with Crippen LogP contribution in [0.15, 0.2) is 84.9 Å². The molecule has 0 aliphatic carbocycles. The van der Waals surface area contributed by atoms with Gasteiger partial charge in [-0.05, 0) is 17.7 Å². The van der Waals surface area contributed by atoms with Crippen LogP contribution in [0.2, 0.25) is 0 Å². The number of imide groups is 1. The summed E-state index contributed by atoms with van der Waals surface area (Å²) in [6, 6.07) is 24.5. The van der Waals surface area contributed by atoms with E-state index in [1.165, 1.54) is 0 Å². The molecule has 208 valence electrons. The molecular formula is C31H30FNO7. The van der Waals surface area contributed by atoms with Crippen molar-refractivity contribution in [2.75, 3.05) is 13.3 Å². The third kappa shape index (κ3) is 5.07. The van der Waals surface area contributed by atoms with Gasteiger partial charge in [-0.25, -0.2) is 4.39 Å². The highest BCUT2D eigenvalue weighted by Crippen LogP contribution is 2.40. The molecule has 2 fully saturated rings.